The number of hydrazone groups is 1. The Morgan fingerprint density at radius 2 is 2.05 bits per heavy atom. The fourth-order valence-electron chi connectivity index (χ4n) is 1.81. The van der Waals surface area contributed by atoms with Gasteiger partial charge in [0.25, 0.3) is 11.5 Å². The van der Waals surface area contributed by atoms with E-state index in [-0.39, 0.29) is 11.1 Å². The van der Waals surface area contributed by atoms with Crippen LogP contribution in [0.4, 0.5) is 0 Å². The molecule has 1 aromatic carbocycles. The smallest absolute Gasteiger partial charge is 0.276 e. The maximum atomic E-state index is 11.9. The van der Waals surface area contributed by atoms with Crippen molar-refractivity contribution in [2.45, 2.75) is 6.92 Å². The van der Waals surface area contributed by atoms with Gasteiger partial charge < -0.3 is 9.30 Å². The number of rotatable bonds is 5. The first-order chi connectivity index (χ1) is 10.6. The number of amides is 1. The van der Waals surface area contributed by atoms with Gasteiger partial charge in [0.1, 0.15) is 11.3 Å². The minimum atomic E-state index is -0.539. The molecular weight excluding hydrogens is 282 g/mol. The molecular formula is C16H17N3O3. The molecule has 2 rings (SSSR count). The number of nitrogens with zero attached hydrogens (tertiary/aromatic N) is 2. The summed E-state index contributed by atoms with van der Waals surface area (Å²) in [6, 6.07) is 10.4. The number of benzene rings is 1. The topological polar surface area (TPSA) is 72.7 Å². The lowest BCUT2D eigenvalue weighted by atomic mass is 10.2. The molecule has 0 saturated carbocycles. The molecule has 6 heteroatoms. The molecule has 0 aliphatic rings. The molecule has 6 nitrogen and oxygen atoms in total. The molecule has 0 aliphatic carbocycles. The van der Waals surface area contributed by atoms with Gasteiger partial charge in [-0.2, -0.15) is 5.10 Å². The number of aryl methyl sites for hydroxylation is 1. The molecule has 0 fully saturated rings. The van der Waals surface area contributed by atoms with Crippen LogP contribution in [0.2, 0.25) is 0 Å². The van der Waals surface area contributed by atoms with Crippen LogP contribution in [0.3, 0.4) is 0 Å². The van der Waals surface area contributed by atoms with Crippen LogP contribution in [-0.2, 0) is 7.05 Å². The first kappa shape index (κ1) is 15.5. The predicted molar refractivity (Wildman–Crippen MR) is 84.4 cm³/mol. The summed E-state index contributed by atoms with van der Waals surface area (Å²) in [5, 5.41) is 3.85. The van der Waals surface area contributed by atoms with Crippen LogP contribution in [0.15, 0.2) is 52.5 Å². The lowest BCUT2D eigenvalue weighted by molar-refractivity contribution is 0.0953. The SMILES string of the molecule is CCOc1ccc(/C=N\NC(=O)c2cccn(C)c2=O)cc1. The average molecular weight is 299 g/mol. The van der Waals surface area contributed by atoms with Crippen molar-refractivity contribution in [2.24, 2.45) is 12.1 Å². The number of carbonyl (C=O) groups is 1. The summed E-state index contributed by atoms with van der Waals surface area (Å²) in [5.41, 5.74) is 2.84. The Morgan fingerprint density at radius 3 is 2.73 bits per heavy atom. The molecule has 22 heavy (non-hydrogen) atoms. The molecule has 0 aliphatic heterocycles. The fraction of sp³-hybridized carbons (Fsp3) is 0.188. The van der Waals surface area contributed by atoms with Crippen molar-refractivity contribution in [3.8, 4) is 5.75 Å². The molecule has 1 aromatic heterocycles. The van der Waals surface area contributed by atoms with Gasteiger partial charge in [0.15, 0.2) is 0 Å². The van der Waals surface area contributed by atoms with Crippen LogP contribution >= 0.6 is 0 Å². The van der Waals surface area contributed by atoms with Crippen molar-refractivity contribution < 1.29 is 9.53 Å². The summed E-state index contributed by atoms with van der Waals surface area (Å²) in [6.45, 7) is 2.52. The molecule has 1 amide bonds. The third-order valence-electron chi connectivity index (χ3n) is 2.94. The molecule has 0 atom stereocenters. The summed E-state index contributed by atoms with van der Waals surface area (Å²) in [4.78, 5) is 23.7. The van der Waals surface area contributed by atoms with E-state index in [1.54, 1.807) is 19.3 Å². The van der Waals surface area contributed by atoms with Crippen LogP contribution in [0.5, 0.6) is 5.75 Å². The van der Waals surface area contributed by atoms with Gasteiger partial charge in [-0.1, -0.05) is 0 Å². The van der Waals surface area contributed by atoms with E-state index in [2.05, 4.69) is 10.5 Å². The van der Waals surface area contributed by atoms with E-state index in [1.807, 2.05) is 31.2 Å². The van der Waals surface area contributed by atoms with E-state index in [0.717, 1.165) is 11.3 Å². The highest BCUT2D eigenvalue weighted by Gasteiger charge is 2.09. The lowest BCUT2D eigenvalue weighted by Gasteiger charge is -2.03. The van der Waals surface area contributed by atoms with Gasteiger partial charge in [-0.05, 0) is 48.9 Å². The Labute approximate surface area is 128 Å². The number of nitrogens with one attached hydrogen (secondary N) is 1. The Kier molecular flexibility index (Phi) is 5.08. The first-order valence-electron chi connectivity index (χ1n) is 6.83. The van der Waals surface area contributed by atoms with Crippen LogP contribution < -0.4 is 15.7 Å². The molecule has 0 spiro atoms. The van der Waals surface area contributed by atoms with Gasteiger partial charge in [0.05, 0.1) is 12.8 Å². The lowest BCUT2D eigenvalue weighted by Crippen LogP contribution is -2.29. The van der Waals surface area contributed by atoms with E-state index in [1.165, 1.54) is 16.8 Å². The first-order valence-corrected chi connectivity index (χ1v) is 6.83. The zero-order valence-corrected chi connectivity index (χ0v) is 12.4. The van der Waals surface area contributed by atoms with Crippen molar-refractivity contribution in [3.05, 3.63) is 64.1 Å². The highest BCUT2D eigenvalue weighted by Crippen LogP contribution is 2.10. The number of pyridine rings is 1. The number of hydrogen-bond donors (Lipinski definition) is 1. The third kappa shape index (κ3) is 3.82. The molecule has 0 unspecified atom stereocenters. The standard InChI is InChI=1S/C16H17N3O3/c1-3-22-13-8-6-12(7-9-13)11-17-18-15(20)14-5-4-10-19(2)16(14)21/h4-11H,3H2,1-2H3,(H,18,20)/b17-11-. The number of aromatic nitrogens is 1. The van der Waals surface area contributed by atoms with Crippen molar-refractivity contribution in [2.75, 3.05) is 6.61 Å². The second kappa shape index (κ2) is 7.21. The van der Waals surface area contributed by atoms with E-state index in [4.69, 9.17) is 4.74 Å². The second-order valence-corrected chi connectivity index (χ2v) is 4.54. The number of carbonyl (C=O) groups excluding carboxylic acids is 1. The van der Waals surface area contributed by atoms with E-state index >= 15 is 0 Å². The largest absolute Gasteiger partial charge is 0.494 e. The normalized spacial score (nSPS) is 10.6. The van der Waals surface area contributed by atoms with Gasteiger partial charge in [0.2, 0.25) is 0 Å². The van der Waals surface area contributed by atoms with Crippen molar-refractivity contribution >= 4 is 12.1 Å². The molecule has 1 N–H and O–H groups in total. The summed E-state index contributed by atoms with van der Waals surface area (Å²) < 4.78 is 6.67. The van der Waals surface area contributed by atoms with E-state index in [0.29, 0.717) is 6.61 Å². The van der Waals surface area contributed by atoms with Crippen molar-refractivity contribution in [1.82, 2.24) is 9.99 Å². The third-order valence-corrected chi connectivity index (χ3v) is 2.94. The van der Waals surface area contributed by atoms with Gasteiger partial charge in [-0.15, -0.1) is 0 Å². The number of ether oxygens (including phenoxy) is 1. The van der Waals surface area contributed by atoms with Crippen LogP contribution in [-0.4, -0.2) is 23.3 Å². The van der Waals surface area contributed by atoms with Crippen LogP contribution in [0, 0.1) is 0 Å². The summed E-state index contributed by atoms with van der Waals surface area (Å²) in [5.74, 6) is 0.236. The highest BCUT2D eigenvalue weighted by atomic mass is 16.5. The summed E-state index contributed by atoms with van der Waals surface area (Å²) in [6.07, 6.45) is 3.09. The Balaban J connectivity index is 2.01. The van der Waals surface area contributed by atoms with Gasteiger partial charge in [-0.3, -0.25) is 9.59 Å². The molecule has 1 heterocycles. The quantitative estimate of drug-likeness (QED) is 0.672. The van der Waals surface area contributed by atoms with Crippen LogP contribution in [0.25, 0.3) is 0 Å². The molecule has 0 bridgehead atoms. The van der Waals surface area contributed by atoms with Crippen LogP contribution in [0.1, 0.15) is 22.8 Å². The van der Waals surface area contributed by atoms with Gasteiger partial charge in [-0.25, -0.2) is 5.43 Å². The van der Waals surface area contributed by atoms with E-state index in [9.17, 15) is 9.59 Å². The van der Waals surface area contributed by atoms with E-state index < -0.39 is 5.91 Å². The zero-order chi connectivity index (χ0) is 15.9. The van der Waals surface area contributed by atoms with Gasteiger partial charge >= 0.3 is 0 Å². The van der Waals surface area contributed by atoms with Crippen molar-refractivity contribution in [1.29, 1.82) is 0 Å². The average Bonchev–Trinajstić information content (AvgIpc) is 2.52. The monoisotopic (exact) mass is 299 g/mol. The van der Waals surface area contributed by atoms with Gasteiger partial charge in [0, 0.05) is 13.2 Å². The Hall–Kier alpha value is -2.89. The zero-order valence-electron chi connectivity index (χ0n) is 12.4. The van der Waals surface area contributed by atoms with Crippen molar-refractivity contribution in [3.63, 3.8) is 0 Å². The highest BCUT2D eigenvalue weighted by molar-refractivity contribution is 5.94. The Morgan fingerprint density at radius 1 is 1.32 bits per heavy atom. The molecule has 2 aromatic rings. The maximum Gasteiger partial charge on any atom is 0.276 e. The maximum absolute atomic E-state index is 11.9. The second-order valence-electron chi connectivity index (χ2n) is 4.54. The Bertz CT molecular complexity index is 733. The molecule has 0 saturated heterocycles. The minimum absolute atomic E-state index is 0.0499. The predicted octanol–water partition coefficient (Wildman–Crippen LogP) is 1.55. The number of hydrogen-bond acceptors (Lipinski definition) is 4. The minimum Gasteiger partial charge on any atom is -0.494 e. The fourth-order valence-corrected chi connectivity index (χ4v) is 1.81. The summed E-state index contributed by atoms with van der Waals surface area (Å²) >= 11 is 0. The summed E-state index contributed by atoms with van der Waals surface area (Å²) in [7, 11) is 1.59. The molecule has 0 radical (unpaired) electrons. The molecule has 114 valence electrons.